The molecule has 6 heteroatoms. The van der Waals surface area contributed by atoms with E-state index in [9.17, 15) is 14.0 Å². The summed E-state index contributed by atoms with van der Waals surface area (Å²) < 4.78 is 12.8. The van der Waals surface area contributed by atoms with Crippen molar-refractivity contribution in [2.75, 3.05) is 18.4 Å². The smallest absolute Gasteiger partial charge is 0.319 e. The fourth-order valence-corrected chi connectivity index (χ4v) is 2.42. The van der Waals surface area contributed by atoms with E-state index >= 15 is 0 Å². The Balaban J connectivity index is 1.83. The van der Waals surface area contributed by atoms with Gasteiger partial charge in [0.15, 0.2) is 0 Å². The number of nitrogens with zero attached hydrogens (tertiary/aromatic N) is 1. The Bertz CT molecular complexity index is 552. The van der Waals surface area contributed by atoms with Crippen molar-refractivity contribution in [2.24, 2.45) is 5.41 Å². The molecule has 0 saturated carbocycles. The minimum absolute atomic E-state index is 0.0632. The SMILES string of the molecule is CC(C)(C)C(=O)N1CC[C@@H](NC(=O)Nc2ccc(F)cc2)C1. The number of amides is 3. The fraction of sp³-hybridized carbons (Fsp3) is 0.500. The Morgan fingerprint density at radius 3 is 2.45 bits per heavy atom. The molecule has 0 radical (unpaired) electrons. The highest BCUT2D eigenvalue weighted by atomic mass is 19.1. The van der Waals surface area contributed by atoms with Crippen molar-refractivity contribution < 1.29 is 14.0 Å². The van der Waals surface area contributed by atoms with Crippen LogP contribution in [0.3, 0.4) is 0 Å². The van der Waals surface area contributed by atoms with Gasteiger partial charge in [-0.2, -0.15) is 0 Å². The van der Waals surface area contributed by atoms with Crippen LogP contribution in [0.1, 0.15) is 27.2 Å². The number of halogens is 1. The van der Waals surface area contributed by atoms with Crippen LogP contribution in [-0.2, 0) is 4.79 Å². The van der Waals surface area contributed by atoms with E-state index in [1.54, 1.807) is 4.90 Å². The van der Waals surface area contributed by atoms with Gasteiger partial charge < -0.3 is 15.5 Å². The Kier molecular flexibility index (Phi) is 4.68. The standard InChI is InChI=1S/C16H22FN3O2/c1-16(2,3)14(21)20-9-8-13(10-20)19-15(22)18-12-6-4-11(17)5-7-12/h4-7,13H,8-10H2,1-3H3,(H2,18,19,22)/t13-/m1/s1. The van der Waals surface area contributed by atoms with E-state index in [-0.39, 0.29) is 23.8 Å². The van der Waals surface area contributed by atoms with Crippen LogP contribution in [0.2, 0.25) is 0 Å². The molecule has 5 nitrogen and oxygen atoms in total. The van der Waals surface area contributed by atoms with Crippen LogP contribution in [-0.4, -0.2) is 36.0 Å². The van der Waals surface area contributed by atoms with Crippen LogP contribution in [0, 0.1) is 11.2 Å². The highest BCUT2D eigenvalue weighted by Gasteiger charge is 2.33. The van der Waals surface area contributed by atoms with Gasteiger partial charge in [-0.05, 0) is 30.7 Å². The van der Waals surface area contributed by atoms with Crippen molar-refractivity contribution in [3.05, 3.63) is 30.1 Å². The number of carbonyl (C=O) groups is 2. The zero-order valence-electron chi connectivity index (χ0n) is 13.1. The predicted molar refractivity (Wildman–Crippen MR) is 83.0 cm³/mol. The summed E-state index contributed by atoms with van der Waals surface area (Å²) in [6.07, 6.45) is 0.735. The van der Waals surface area contributed by atoms with E-state index in [0.29, 0.717) is 18.8 Å². The number of urea groups is 1. The average Bonchev–Trinajstić information content (AvgIpc) is 2.87. The van der Waals surface area contributed by atoms with Crippen LogP contribution in [0.15, 0.2) is 24.3 Å². The molecule has 0 spiro atoms. The summed E-state index contributed by atoms with van der Waals surface area (Å²) in [6.45, 7) is 6.83. The number of benzene rings is 1. The quantitative estimate of drug-likeness (QED) is 0.882. The highest BCUT2D eigenvalue weighted by molar-refractivity contribution is 5.89. The average molecular weight is 307 g/mol. The molecule has 1 saturated heterocycles. The van der Waals surface area contributed by atoms with Gasteiger partial charge in [-0.25, -0.2) is 9.18 Å². The first-order valence-electron chi connectivity index (χ1n) is 7.38. The molecule has 0 aliphatic carbocycles. The van der Waals surface area contributed by atoms with Gasteiger partial charge in [0.2, 0.25) is 5.91 Å². The van der Waals surface area contributed by atoms with Gasteiger partial charge in [-0.3, -0.25) is 4.79 Å². The lowest BCUT2D eigenvalue weighted by molar-refractivity contribution is -0.138. The molecule has 1 aliphatic rings. The fourth-order valence-electron chi connectivity index (χ4n) is 2.42. The summed E-state index contributed by atoms with van der Waals surface area (Å²) in [6, 6.07) is 5.16. The molecular formula is C16H22FN3O2. The van der Waals surface area contributed by atoms with Gasteiger partial charge in [0.05, 0.1) is 0 Å². The van der Waals surface area contributed by atoms with E-state index in [2.05, 4.69) is 10.6 Å². The number of hydrogen-bond donors (Lipinski definition) is 2. The van der Waals surface area contributed by atoms with Gasteiger partial charge in [0, 0.05) is 30.2 Å². The monoisotopic (exact) mass is 307 g/mol. The van der Waals surface area contributed by atoms with E-state index in [4.69, 9.17) is 0 Å². The van der Waals surface area contributed by atoms with Gasteiger partial charge >= 0.3 is 6.03 Å². The lowest BCUT2D eigenvalue weighted by Crippen LogP contribution is -2.43. The number of hydrogen-bond acceptors (Lipinski definition) is 2. The number of nitrogens with one attached hydrogen (secondary N) is 2. The second-order valence-electron chi connectivity index (χ2n) is 6.59. The molecule has 1 aromatic rings. The number of carbonyl (C=O) groups excluding carboxylic acids is 2. The maximum absolute atomic E-state index is 12.8. The van der Waals surface area contributed by atoms with Crippen molar-refractivity contribution in [1.82, 2.24) is 10.2 Å². The van der Waals surface area contributed by atoms with Gasteiger partial charge in [-0.1, -0.05) is 20.8 Å². The number of rotatable bonds is 2. The van der Waals surface area contributed by atoms with E-state index in [1.165, 1.54) is 24.3 Å². The van der Waals surface area contributed by atoms with Crippen molar-refractivity contribution in [3.8, 4) is 0 Å². The van der Waals surface area contributed by atoms with Gasteiger partial charge in [-0.15, -0.1) is 0 Å². The summed E-state index contributed by atoms with van der Waals surface area (Å²) in [4.78, 5) is 25.9. The predicted octanol–water partition coefficient (Wildman–Crippen LogP) is 2.59. The molecule has 2 rings (SSSR count). The minimum Gasteiger partial charge on any atom is -0.340 e. The first-order chi connectivity index (χ1) is 10.3. The van der Waals surface area contributed by atoms with Crippen molar-refractivity contribution >= 4 is 17.6 Å². The largest absolute Gasteiger partial charge is 0.340 e. The molecule has 3 amide bonds. The van der Waals surface area contributed by atoms with Crippen LogP contribution in [0.25, 0.3) is 0 Å². The lowest BCUT2D eigenvalue weighted by atomic mass is 9.95. The zero-order valence-corrected chi connectivity index (χ0v) is 13.1. The first kappa shape index (κ1) is 16.3. The molecule has 120 valence electrons. The summed E-state index contributed by atoms with van der Waals surface area (Å²) in [7, 11) is 0. The molecule has 0 unspecified atom stereocenters. The molecule has 0 aromatic heterocycles. The van der Waals surface area contributed by atoms with Crippen LogP contribution in [0.5, 0.6) is 0 Å². The second-order valence-corrected chi connectivity index (χ2v) is 6.59. The molecule has 1 aromatic carbocycles. The molecule has 22 heavy (non-hydrogen) atoms. The van der Waals surface area contributed by atoms with Crippen LogP contribution < -0.4 is 10.6 Å². The van der Waals surface area contributed by atoms with E-state index < -0.39 is 5.41 Å². The Hall–Kier alpha value is -2.11. The van der Waals surface area contributed by atoms with Crippen LogP contribution >= 0.6 is 0 Å². The minimum atomic E-state index is -0.411. The van der Waals surface area contributed by atoms with Crippen LogP contribution in [0.4, 0.5) is 14.9 Å². The normalized spacial score (nSPS) is 18.2. The van der Waals surface area contributed by atoms with Gasteiger partial charge in [0.1, 0.15) is 5.82 Å². The molecule has 1 atom stereocenters. The third-order valence-electron chi connectivity index (χ3n) is 3.55. The van der Waals surface area contributed by atoms with E-state index in [0.717, 1.165) is 6.42 Å². The molecule has 1 aliphatic heterocycles. The summed E-state index contributed by atoms with van der Waals surface area (Å²) in [5.41, 5.74) is 0.116. The molecule has 2 N–H and O–H groups in total. The van der Waals surface area contributed by atoms with Gasteiger partial charge in [0.25, 0.3) is 0 Å². The first-order valence-corrected chi connectivity index (χ1v) is 7.38. The molecule has 0 bridgehead atoms. The lowest BCUT2D eigenvalue weighted by Gasteiger charge is -2.25. The zero-order chi connectivity index (χ0) is 16.3. The summed E-state index contributed by atoms with van der Waals surface area (Å²) >= 11 is 0. The number of likely N-dealkylation sites (tertiary alicyclic amines) is 1. The topological polar surface area (TPSA) is 61.4 Å². The van der Waals surface area contributed by atoms with E-state index in [1.807, 2.05) is 20.8 Å². The third kappa shape index (κ3) is 4.19. The Morgan fingerprint density at radius 1 is 1.23 bits per heavy atom. The third-order valence-corrected chi connectivity index (χ3v) is 3.55. The summed E-state index contributed by atoms with van der Waals surface area (Å²) in [5, 5.41) is 5.49. The Morgan fingerprint density at radius 2 is 1.86 bits per heavy atom. The summed E-state index contributed by atoms with van der Waals surface area (Å²) in [5.74, 6) is -0.256. The van der Waals surface area contributed by atoms with Crippen molar-refractivity contribution in [2.45, 2.75) is 33.2 Å². The maximum Gasteiger partial charge on any atom is 0.319 e. The molecular weight excluding hydrogens is 285 g/mol. The molecule has 1 heterocycles. The maximum atomic E-state index is 12.8. The molecule has 1 fully saturated rings. The second kappa shape index (κ2) is 6.34. The van der Waals surface area contributed by atoms with Crippen molar-refractivity contribution in [3.63, 3.8) is 0 Å². The Labute approximate surface area is 129 Å². The number of anilines is 1. The van der Waals surface area contributed by atoms with Crippen molar-refractivity contribution in [1.29, 1.82) is 0 Å². The highest BCUT2D eigenvalue weighted by Crippen LogP contribution is 2.21.